The first kappa shape index (κ1) is 15.6. The molecule has 116 valence electrons. The van der Waals surface area contributed by atoms with E-state index < -0.39 is 0 Å². The molecule has 0 amide bonds. The zero-order valence-electron chi connectivity index (χ0n) is 12.6. The molecule has 1 saturated carbocycles. The van der Waals surface area contributed by atoms with E-state index in [1.54, 1.807) is 19.2 Å². The average molecular weight is 291 g/mol. The number of nitrogens with zero attached hydrogens (tertiary/aromatic N) is 1. The number of rotatable bonds is 5. The first-order chi connectivity index (χ1) is 10.3. The Bertz CT molecular complexity index is 457. The Labute approximate surface area is 126 Å². The van der Waals surface area contributed by atoms with Crippen molar-refractivity contribution in [1.82, 2.24) is 5.32 Å². The third-order valence-electron chi connectivity index (χ3n) is 3.67. The van der Waals surface area contributed by atoms with Crippen molar-refractivity contribution in [2.45, 2.75) is 38.1 Å². The van der Waals surface area contributed by atoms with Gasteiger partial charge < -0.3 is 20.5 Å². The Morgan fingerprint density at radius 3 is 2.76 bits per heavy atom. The average Bonchev–Trinajstić information content (AvgIpc) is 2.51. The molecule has 2 rings (SSSR count). The summed E-state index contributed by atoms with van der Waals surface area (Å²) in [5.74, 6) is 0.933. The number of aliphatic imine (C=N–C) groups is 1. The first-order valence-corrected chi connectivity index (χ1v) is 7.64. The molecule has 0 saturated heterocycles. The summed E-state index contributed by atoms with van der Waals surface area (Å²) in [5, 5.41) is 16.5. The lowest BCUT2D eigenvalue weighted by Gasteiger charge is -2.25. The van der Waals surface area contributed by atoms with Crippen molar-refractivity contribution >= 4 is 11.6 Å². The molecule has 3 N–H and O–H groups in total. The molecule has 1 aliphatic rings. The number of para-hydroxylation sites is 2. The normalized spacial score (nSPS) is 16.7. The predicted octanol–water partition coefficient (Wildman–Crippen LogP) is 2.73. The van der Waals surface area contributed by atoms with Crippen LogP contribution in [0, 0.1) is 0 Å². The van der Waals surface area contributed by atoms with Gasteiger partial charge in [0.2, 0.25) is 0 Å². The minimum atomic E-state index is 0.224. The molecule has 1 fully saturated rings. The molecular weight excluding hydrogens is 266 g/mol. The van der Waals surface area contributed by atoms with Crippen molar-refractivity contribution in [3.05, 3.63) is 24.3 Å². The molecule has 0 spiro atoms. The topological polar surface area (TPSA) is 65.9 Å². The third kappa shape index (κ3) is 5.27. The van der Waals surface area contributed by atoms with Crippen molar-refractivity contribution in [2.24, 2.45) is 4.99 Å². The van der Waals surface area contributed by atoms with Crippen LogP contribution < -0.4 is 10.6 Å². The van der Waals surface area contributed by atoms with E-state index in [1.165, 1.54) is 32.1 Å². The highest BCUT2D eigenvalue weighted by Gasteiger charge is 2.15. The molecule has 0 heterocycles. The summed E-state index contributed by atoms with van der Waals surface area (Å²) < 4.78 is 5.04. The predicted molar refractivity (Wildman–Crippen MR) is 85.9 cm³/mol. The number of ether oxygens (including phenoxy) is 1. The van der Waals surface area contributed by atoms with Gasteiger partial charge in [0.15, 0.2) is 5.96 Å². The van der Waals surface area contributed by atoms with Gasteiger partial charge in [0.05, 0.1) is 18.8 Å². The Hall–Kier alpha value is -1.75. The van der Waals surface area contributed by atoms with Crippen LogP contribution in [-0.4, -0.2) is 37.4 Å². The zero-order valence-corrected chi connectivity index (χ0v) is 12.6. The lowest BCUT2D eigenvalue weighted by Crippen LogP contribution is -2.40. The molecule has 1 aliphatic carbocycles. The fourth-order valence-corrected chi connectivity index (χ4v) is 2.52. The summed E-state index contributed by atoms with van der Waals surface area (Å²) in [4.78, 5) is 4.50. The van der Waals surface area contributed by atoms with Crippen LogP contribution in [-0.2, 0) is 4.74 Å². The number of guanidine groups is 1. The van der Waals surface area contributed by atoms with Gasteiger partial charge in [0.25, 0.3) is 0 Å². The number of benzene rings is 1. The van der Waals surface area contributed by atoms with E-state index in [-0.39, 0.29) is 5.75 Å². The van der Waals surface area contributed by atoms with Crippen molar-refractivity contribution in [3.63, 3.8) is 0 Å². The minimum Gasteiger partial charge on any atom is -0.506 e. The number of hydrogen-bond donors (Lipinski definition) is 3. The van der Waals surface area contributed by atoms with Crippen LogP contribution in [0.5, 0.6) is 5.75 Å². The molecule has 5 nitrogen and oxygen atoms in total. The number of phenolic OH excluding ortho intramolecular Hbond substituents is 1. The number of nitrogens with one attached hydrogen (secondary N) is 2. The molecule has 0 aliphatic heterocycles. The van der Waals surface area contributed by atoms with Crippen LogP contribution in [0.2, 0.25) is 0 Å². The molecule has 0 atom stereocenters. The Balaban J connectivity index is 2.00. The van der Waals surface area contributed by atoms with Gasteiger partial charge in [-0.2, -0.15) is 0 Å². The van der Waals surface area contributed by atoms with E-state index in [4.69, 9.17) is 4.74 Å². The van der Waals surface area contributed by atoms with E-state index >= 15 is 0 Å². The fourth-order valence-electron chi connectivity index (χ4n) is 2.52. The maximum Gasteiger partial charge on any atom is 0.196 e. The van der Waals surface area contributed by atoms with Crippen molar-refractivity contribution in [1.29, 1.82) is 0 Å². The molecule has 21 heavy (non-hydrogen) atoms. The van der Waals surface area contributed by atoms with Gasteiger partial charge in [-0.05, 0) is 25.0 Å². The molecule has 5 heteroatoms. The maximum atomic E-state index is 9.87. The van der Waals surface area contributed by atoms with Crippen LogP contribution in [0.1, 0.15) is 32.1 Å². The third-order valence-corrected chi connectivity index (χ3v) is 3.67. The molecule has 0 bridgehead atoms. The quantitative estimate of drug-likeness (QED) is 0.338. The lowest BCUT2D eigenvalue weighted by molar-refractivity contribution is 0.208. The van der Waals surface area contributed by atoms with Gasteiger partial charge in [-0.1, -0.05) is 31.4 Å². The van der Waals surface area contributed by atoms with Gasteiger partial charge in [0, 0.05) is 13.2 Å². The maximum absolute atomic E-state index is 9.87. The van der Waals surface area contributed by atoms with Crippen LogP contribution in [0.25, 0.3) is 0 Å². The highest BCUT2D eigenvalue weighted by Crippen LogP contribution is 2.22. The van der Waals surface area contributed by atoms with Crippen LogP contribution in [0.4, 0.5) is 5.69 Å². The van der Waals surface area contributed by atoms with Crippen LogP contribution in [0.3, 0.4) is 0 Å². The smallest absolute Gasteiger partial charge is 0.196 e. The molecule has 1 aromatic rings. The first-order valence-electron chi connectivity index (χ1n) is 7.64. The summed E-state index contributed by atoms with van der Waals surface area (Å²) in [6.45, 7) is 1.17. The summed E-state index contributed by atoms with van der Waals surface area (Å²) in [5.41, 5.74) is 0.664. The van der Waals surface area contributed by atoms with Gasteiger partial charge >= 0.3 is 0 Å². The van der Waals surface area contributed by atoms with E-state index in [0.717, 1.165) is 0 Å². The summed E-state index contributed by atoms with van der Waals surface area (Å²) in [6, 6.07) is 7.64. The fraction of sp³-hybridized carbons (Fsp3) is 0.562. The van der Waals surface area contributed by atoms with Gasteiger partial charge in [-0.3, -0.25) is 4.99 Å². The number of aromatic hydroxyl groups is 1. The Kier molecular flexibility index (Phi) is 6.34. The monoisotopic (exact) mass is 291 g/mol. The van der Waals surface area contributed by atoms with Crippen LogP contribution >= 0.6 is 0 Å². The second kappa shape index (κ2) is 8.52. The summed E-state index contributed by atoms with van der Waals surface area (Å²) in [7, 11) is 1.67. The SMILES string of the molecule is COCCN=C(Nc1ccccc1O)NC1CCCCC1. The Morgan fingerprint density at radius 1 is 1.29 bits per heavy atom. The van der Waals surface area contributed by atoms with E-state index in [9.17, 15) is 5.11 Å². The lowest BCUT2D eigenvalue weighted by atomic mass is 9.96. The van der Waals surface area contributed by atoms with Gasteiger partial charge in [-0.15, -0.1) is 0 Å². The van der Waals surface area contributed by atoms with Gasteiger partial charge in [0.1, 0.15) is 5.75 Å². The molecule has 0 aromatic heterocycles. The largest absolute Gasteiger partial charge is 0.506 e. The molecule has 0 unspecified atom stereocenters. The summed E-state index contributed by atoms with van der Waals surface area (Å²) in [6.07, 6.45) is 6.19. The molecular formula is C16H25N3O2. The number of anilines is 1. The highest BCUT2D eigenvalue weighted by atomic mass is 16.5. The Morgan fingerprint density at radius 2 is 2.05 bits per heavy atom. The molecule has 0 radical (unpaired) electrons. The minimum absolute atomic E-state index is 0.224. The van der Waals surface area contributed by atoms with Crippen LogP contribution in [0.15, 0.2) is 29.3 Å². The number of hydrogen-bond acceptors (Lipinski definition) is 3. The van der Waals surface area contributed by atoms with Crippen molar-refractivity contribution in [2.75, 3.05) is 25.6 Å². The van der Waals surface area contributed by atoms with Gasteiger partial charge in [-0.25, -0.2) is 0 Å². The number of phenols is 1. The zero-order chi connectivity index (χ0) is 14.9. The van der Waals surface area contributed by atoms with Crippen molar-refractivity contribution < 1.29 is 9.84 Å². The second-order valence-corrected chi connectivity index (χ2v) is 5.34. The highest BCUT2D eigenvalue weighted by molar-refractivity contribution is 5.95. The van der Waals surface area contributed by atoms with E-state index in [0.29, 0.717) is 30.8 Å². The number of methoxy groups -OCH3 is 1. The summed E-state index contributed by atoms with van der Waals surface area (Å²) >= 11 is 0. The van der Waals surface area contributed by atoms with E-state index in [1.807, 2.05) is 12.1 Å². The van der Waals surface area contributed by atoms with E-state index in [2.05, 4.69) is 15.6 Å². The molecule has 1 aromatic carbocycles. The second-order valence-electron chi connectivity index (χ2n) is 5.34. The standard InChI is InChI=1S/C16H25N3O2/c1-21-12-11-17-16(18-13-7-3-2-4-8-13)19-14-9-5-6-10-15(14)20/h5-6,9-10,13,20H,2-4,7-8,11-12H2,1H3,(H2,17,18,19). The van der Waals surface area contributed by atoms with Crippen molar-refractivity contribution in [3.8, 4) is 5.75 Å².